The predicted octanol–water partition coefficient (Wildman–Crippen LogP) is 3.46. The van der Waals surface area contributed by atoms with Crippen LogP contribution in [0.15, 0.2) is 24.3 Å². The maximum absolute atomic E-state index is 3.42. The zero-order valence-electron chi connectivity index (χ0n) is 12.7. The minimum atomic E-state index is 0.641. The van der Waals surface area contributed by atoms with Gasteiger partial charge in [0.1, 0.15) is 0 Å². The van der Waals surface area contributed by atoms with Gasteiger partial charge in [-0.15, -0.1) is 0 Å². The molecule has 2 heteroatoms. The van der Waals surface area contributed by atoms with Crippen LogP contribution in [-0.4, -0.2) is 25.7 Å². The standard InChI is InChI=1S/C17H28N2/c1-4-18-11-7-8-15(3)19-13-14(2)12-16-9-5-6-10-17(16)19/h5-6,9-10,14-15,18H,4,7-8,11-13H2,1-3H3. The minimum Gasteiger partial charge on any atom is -0.368 e. The molecule has 0 aromatic heterocycles. The quantitative estimate of drug-likeness (QED) is 0.788. The van der Waals surface area contributed by atoms with Gasteiger partial charge in [0.15, 0.2) is 0 Å². The Morgan fingerprint density at radius 2 is 2.16 bits per heavy atom. The molecule has 19 heavy (non-hydrogen) atoms. The van der Waals surface area contributed by atoms with Gasteiger partial charge in [-0.3, -0.25) is 0 Å². The van der Waals surface area contributed by atoms with Crippen molar-refractivity contribution >= 4 is 5.69 Å². The van der Waals surface area contributed by atoms with Crippen molar-refractivity contribution in [2.45, 2.75) is 46.1 Å². The molecule has 1 aromatic rings. The predicted molar refractivity (Wildman–Crippen MR) is 83.9 cm³/mol. The molecule has 0 aliphatic carbocycles. The van der Waals surface area contributed by atoms with Crippen LogP contribution in [0.25, 0.3) is 0 Å². The maximum Gasteiger partial charge on any atom is 0.0401 e. The number of benzene rings is 1. The Bertz CT molecular complexity index is 389. The van der Waals surface area contributed by atoms with Crippen LogP contribution in [0, 0.1) is 5.92 Å². The summed E-state index contributed by atoms with van der Waals surface area (Å²) in [6.45, 7) is 10.4. The lowest BCUT2D eigenvalue weighted by Gasteiger charge is -2.39. The Hall–Kier alpha value is -1.02. The fraction of sp³-hybridized carbons (Fsp3) is 0.647. The molecule has 0 amide bonds. The van der Waals surface area contributed by atoms with E-state index >= 15 is 0 Å². The van der Waals surface area contributed by atoms with Crippen LogP contribution < -0.4 is 10.2 Å². The van der Waals surface area contributed by atoms with Crippen molar-refractivity contribution < 1.29 is 0 Å². The highest BCUT2D eigenvalue weighted by Gasteiger charge is 2.24. The second-order valence-electron chi connectivity index (χ2n) is 5.94. The van der Waals surface area contributed by atoms with Crippen molar-refractivity contribution in [1.29, 1.82) is 0 Å². The van der Waals surface area contributed by atoms with Crippen molar-refractivity contribution in [1.82, 2.24) is 5.32 Å². The van der Waals surface area contributed by atoms with E-state index < -0.39 is 0 Å². The van der Waals surface area contributed by atoms with Crippen LogP contribution in [0.4, 0.5) is 5.69 Å². The van der Waals surface area contributed by atoms with Crippen molar-refractivity contribution in [2.75, 3.05) is 24.5 Å². The number of anilines is 1. The lowest BCUT2D eigenvalue weighted by Crippen LogP contribution is -2.41. The molecule has 1 aliphatic rings. The van der Waals surface area contributed by atoms with Crippen LogP contribution in [0.3, 0.4) is 0 Å². The Balaban J connectivity index is 1.99. The van der Waals surface area contributed by atoms with Gasteiger partial charge in [-0.1, -0.05) is 32.0 Å². The summed E-state index contributed by atoms with van der Waals surface area (Å²) in [5.41, 5.74) is 3.00. The molecule has 106 valence electrons. The molecule has 2 nitrogen and oxygen atoms in total. The highest BCUT2D eigenvalue weighted by Crippen LogP contribution is 2.31. The molecular weight excluding hydrogens is 232 g/mol. The first-order chi connectivity index (χ1) is 9.22. The van der Waals surface area contributed by atoms with E-state index in [1.165, 1.54) is 37.1 Å². The lowest BCUT2D eigenvalue weighted by molar-refractivity contribution is 0.469. The number of hydrogen-bond donors (Lipinski definition) is 1. The van der Waals surface area contributed by atoms with E-state index in [0.29, 0.717) is 6.04 Å². The zero-order valence-corrected chi connectivity index (χ0v) is 12.7. The second-order valence-corrected chi connectivity index (χ2v) is 5.94. The summed E-state index contributed by atoms with van der Waals surface area (Å²) in [5, 5.41) is 3.42. The van der Waals surface area contributed by atoms with Crippen LogP contribution in [0.1, 0.15) is 39.2 Å². The van der Waals surface area contributed by atoms with Gasteiger partial charge < -0.3 is 10.2 Å². The van der Waals surface area contributed by atoms with Gasteiger partial charge in [-0.25, -0.2) is 0 Å². The molecule has 2 atom stereocenters. The summed E-state index contributed by atoms with van der Waals surface area (Å²) in [5.74, 6) is 0.770. The van der Waals surface area contributed by atoms with Crippen molar-refractivity contribution in [3.05, 3.63) is 29.8 Å². The maximum atomic E-state index is 3.42. The smallest absolute Gasteiger partial charge is 0.0401 e. The summed E-state index contributed by atoms with van der Waals surface area (Å²) in [7, 11) is 0. The minimum absolute atomic E-state index is 0.641. The molecule has 0 spiro atoms. The summed E-state index contributed by atoms with van der Waals surface area (Å²) in [6, 6.07) is 9.58. The SMILES string of the molecule is CCNCCCC(C)N1CC(C)Cc2ccccc21. The Morgan fingerprint density at radius 1 is 1.37 bits per heavy atom. The molecule has 1 N–H and O–H groups in total. The first-order valence-electron chi connectivity index (χ1n) is 7.77. The van der Waals surface area contributed by atoms with E-state index in [9.17, 15) is 0 Å². The van der Waals surface area contributed by atoms with Gasteiger partial charge in [-0.2, -0.15) is 0 Å². The van der Waals surface area contributed by atoms with E-state index in [2.05, 4.69) is 55.3 Å². The molecule has 1 aromatic carbocycles. The van der Waals surface area contributed by atoms with E-state index in [0.717, 1.165) is 19.0 Å². The van der Waals surface area contributed by atoms with Crippen molar-refractivity contribution in [3.8, 4) is 0 Å². The van der Waals surface area contributed by atoms with Crippen molar-refractivity contribution in [3.63, 3.8) is 0 Å². The first-order valence-corrected chi connectivity index (χ1v) is 7.77. The summed E-state index contributed by atoms with van der Waals surface area (Å²) in [6.07, 6.45) is 3.77. The molecule has 0 fully saturated rings. The average molecular weight is 260 g/mol. The van der Waals surface area contributed by atoms with E-state index in [1.807, 2.05) is 0 Å². The summed E-state index contributed by atoms with van der Waals surface area (Å²) in [4.78, 5) is 2.62. The largest absolute Gasteiger partial charge is 0.368 e. The number of fused-ring (bicyclic) bond motifs is 1. The molecule has 0 saturated carbocycles. The number of nitrogens with zero attached hydrogens (tertiary/aromatic N) is 1. The van der Waals surface area contributed by atoms with Gasteiger partial charge in [0.05, 0.1) is 0 Å². The van der Waals surface area contributed by atoms with Gasteiger partial charge in [-0.05, 0) is 56.8 Å². The lowest BCUT2D eigenvalue weighted by atomic mass is 9.92. The summed E-state index contributed by atoms with van der Waals surface area (Å²) < 4.78 is 0. The third-order valence-corrected chi connectivity index (χ3v) is 4.14. The van der Waals surface area contributed by atoms with Gasteiger partial charge in [0, 0.05) is 18.3 Å². The number of para-hydroxylation sites is 1. The molecule has 1 heterocycles. The first kappa shape index (κ1) is 14.4. The zero-order chi connectivity index (χ0) is 13.7. The Kier molecular flexibility index (Phi) is 5.26. The fourth-order valence-corrected chi connectivity index (χ4v) is 3.11. The number of rotatable bonds is 6. The Morgan fingerprint density at radius 3 is 2.95 bits per heavy atom. The third kappa shape index (κ3) is 3.73. The van der Waals surface area contributed by atoms with Crippen molar-refractivity contribution in [2.24, 2.45) is 5.92 Å². The van der Waals surface area contributed by atoms with E-state index in [4.69, 9.17) is 0 Å². The molecule has 0 saturated heterocycles. The second kappa shape index (κ2) is 6.95. The van der Waals surface area contributed by atoms with Gasteiger partial charge in [0.25, 0.3) is 0 Å². The monoisotopic (exact) mass is 260 g/mol. The summed E-state index contributed by atoms with van der Waals surface area (Å²) >= 11 is 0. The molecule has 1 aliphatic heterocycles. The molecule has 2 rings (SSSR count). The fourth-order valence-electron chi connectivity index (χ4n) is 3.11. The molecule has 2 unspecified atom stereocenters. The van der Waals surface area contributed by atoms with Gasteiger partial charge in [0.2, 0.25) is 0 Å². The average Bonchev–Trinajstić information content (AvgIpc) is 2.42. The topological polar surface area (TPSA) is 15.3 Å². The van der Waals surface area contributed by atoms with Crippen LogP contribution in [0.2, 0.25) is 0 Å². The molecular formula is C17H28N2. The third-order valence-electron chi connectivity index (χ3n) is 4.14. The number of hydrogen-bond acceptors (Lipinski definition) is 2. The Labute approximate surface area is 118 Å². The molecule has 0 bridgehead atoms. The highest BCUT2D eigenvalue weighted by molar-refractivity contribution is 5.56. The van der Waals surface area contributed by atoms with Gasteiger partial charge >= 0.3 is 0 Å². The van der Waals surface area contributed by atoms with Crippen LogP contribution in [0.5, 0.6) is 0 Å². The van der Waals surface area contributed by atoms with E-state index in [1.54, 1.807) is 0 Å². The number of nitrogens with one attached hydrogen (secondary N) is 1. The van der Waals surface area contributed by atoms with E-state index in [-0.39, 0.29) is 0 Å². The highest BCUT2D eigenvalue weighted by atomic mass is 15.2. The molecule has 0 radical (unpaired) electrons. The van der Waals surface area contributed by atoms with Crippen LogP contribution >= 0.6 is 0 Å². The normalized spacial score (nSPS) is 20.2. The van der Waals surface area contributed by atoms with Crippen LogP contribution in [-0.2, 0) is 6.42 Å².